The summed E-state index contributed by atoms with van der Waals surface area (Å²) in [5.41, 5.74) is 1.09. The topological polar surface area (TPSA) is 48.9 Å². The van der Waals surface area contributed by atoms with Gasteiger partial charge in [0.05, 0.1) is 25.8 Å². The highest BCUT2D eigenvalue weighted by atomic mass is 127. The number of halogens is 2. The van der Waals surface area contributed by atoms with Gasteiger partial charge >= 0.3 is 0 Å². The maximum absolute atomic E-state index is 13.3. The van der Waals surface area contributed by atoms with Crippen molar-refractivity contribution in [2.24, 2.45) is 4.99 Å². The monoisotopic (exact) mass is 496 g/mol. The molecule has 2 rings (SSSR count). The largest absolute Gasteiger partial charge is 0.379 e. The van der Waals surface area contributed by atoms with Crippen LogP contribution in [0.4, 0.5) is 4.39 Å². The molecule has 1 aromatic rings. The summed E-state index contributed by atoms with van der Waals surface area (Å²) >= 11 is 1.80. The maximum atomic E-state index is 13.3. The van der Waals surface area contributed by atoms with Crippen molar-refractivity contribution in [3.8, 4) is 0 Å². The van der Waals surface area contributed by atoms with Gasteiger partial charge in [-0.2, -0.15) is 11.8 Å². The Labute approximate surface area is 177 Å². The first kappa shape index (κ1) is 23.5. The van der Waals surface area contributed by atoms with Crippen LogP contribution in [0.15, 0.2) is 29.3 Å². The van der Waals surface area contributed by atoms with Gasteiger partial charge in [-0.1, -0.05) is 12.1 Å². The van der Waals surface area contributed by atoms with E-state index in [-0.39, 0.29) is 35.8 Å². The van der Waals surface area contributed by atoms with Gasteiger partial charge in [-0.3, -0.25) is 9.89 Å². The molecule has 1 fully saturated rings. The van der Waals surface area contributed by atoms with Crippen molar-refractivity contribution < 1.29 is 9.13 Å². The number of hydrogen-bond donors (Lipinski definition) is 2. The van der Waals surface area contributed by atoms with Crippen molar-refractivity contribution >= 4 is 41.7 Å². The second-order valence-electron chi connectivity index (χ2n) is 5.85. The Hall–Kier alpha value is -0.580. The van der Waals surface area contributed by atoms with Crippen LogP contribution in [0.25, 0.3) is 0 Å². The minimum atomic E-state index is -0.208. The average Bonchev–Trinajstić information content (AvgIpc) is 2.64. The van der Waals surface area contributed by atoms with E-state index >= 15 is 0 Å². The standard InChI is InChI=1S/C18H29FN4OS.HI/c1-3-20-18(21-8-13-25-2)22-14-17(23-9-11-24-12-10-23)15-4-6-16(19)7-5-15;/h4-7,17H,3,8-14H2,1-2H3,(H2,20,21,22);1H. The van der Waals surface area contributed by atoms with E-state index in [4.69, 9.17) is 9.73 Å². The lowest BCUT2D eigenvalue weighted by Gasteiger charge is -2.34. The van der Waals surface area contributed by atoms with Crippen molar-refractivity contribution in [1.29, 1.82) is 0 Å². The van der Waals surface area contributed by atoms with Crippen LogP contribution in [0.1, 0.15) is 18.5 Å². The van der Waals surface area contributed by atoms with Gasteiger partial charge in [-0.15, -0.1) is 24.0 Å². The molecule has 2 N–H and O–H groups in total. The van der Waals surface area contributed by atoms with Crippen LogP contribution in [-0.4, -0.2) is 68.8 Å². The number of hydrogen-bond acceptors (Lipinski definition) is 4. The average molecular weight is 496 g/mol. The Morgan fingerprint density at radius 2 is 1.96 bits per heavy atom. The fraction of sp³-hybridized carbons (Fsp3) is 0.611. The van der Waals surface area contributed by atoms with Crippen LogP contribution < -0.4 is 10.6 Å². The molecule has 1 saturated heterocycles. The summed E-state index contributed by atoms with van der Waals surface area (Å²) in [5, 5.41) is 6.64. The van der Waals surface area contributed by atoms with Crippen LogP contribution in [-0.2, 0) is 4.74 Å². The van der Waals surface area contributed by atoms with E-state index in [9.17, 15) is 4.39 Å². The molecule has 0 amide bonds. The van der Waals surface area contributed by atoms with Crippen LogP contribution in [0, 0.1) is 5.82 Å². The molecule has 5 nitrogen and oxygen atoms in total. The van der Waals surface area contributed by atoms with Gasteiger partial charge in [0, 0.05) is 31.9 Å². The number of rotatable bonds is 8. The molecule has 0 aliphatic carbocycles. The predicted octanol–water partition coefficient (Wildman–Crippen LogP) is 2.74. The lowest BCUT2D eigenvalue weighted by molar-refractivity contribution is 0.0179. The SMILES string of the molecule is CCNC(=NCC(c1ccc(F)cc1)N1CCOCC1)NCCSC.I. The van der Waals surface area contributed by atoms with Crippen molar-refractivity contribution in [2.75, 3.05) is 57.9 Å². The molecule has 8 heteroatoms. The number of nitrogens with one attached hydrogen (secondary N) is 2. The number of aliphatic imine (C=N–C) groups is 1. The van der Waals surface area contributed by atoms with Gasteiger partial charge in [0.2, 0.25) is 0 Å². The van der Waals surface area contributed by atoms with E-state index in [2.05, 4.69) is 28.7 Å². The van der Waals surface area contributed by atoms with Gasteiger partial charge in [-0.05, 0) is 30.9 Å². The molecular weight excluding hydrogens is 466 g/mol. The minimum Gasteiger partial charge on any atom is -0.379 e. The summed E-state index contributed by atoms with van der Waals surface area (Å²) in [6, 6.07) is 6.89. The van der Waals surface area contributed by atoms with E-state index < -0.39 is 0 Å². The first-order valence-electron chi connectivity index (χ1n) is 8.83. The molecule has 0 aromatic heterocycles. The zero-order chi connectivity index (χ0) is 17.9. The van der Waals surface area contributed by atoms with E-state index in [1.54, 1.807) is 11.8 Å². The molecular formula is C18H30FIN4OS. The minimum absolute atomic E-state index is 0. The van der Waals surface area contributed by atoms with Crippen molar-refractivity contribution in [1.82, 2.24) is 15.5 Å². The second kappa shape index (κ2) is 13.6. The smallest absolute Gasteiger partial charge is 0.191 e. The molecule has 0 radical (unpaired) electrons. The lowest BCUT2D eigenvalue weighted by atomic mass is 10.0. The molecule has 0 saturated carbocycles. The fourth-order valence-corrected chi connectivity index (χ4v) is 3.10. The number of thioether (sulfide) groups is 1. The van der Waals surface area contributed by atoms with E-state index in [0.29, 0.717) is 6.54 Å². The summed E-state index contributed by atoms with van der Waals surface area (Å²) in [6.07, 6.45) is 2.09. The number of morpholine rings is 1. The molecule has 0 spiro atoms. The van der Waals surface area contributed by atoms with E-state index in [1.807, 2.05) is 12.1 Å². The third-order valence-corrected chi connectivity index (χ3v) is 4.72. The summed E-state index contributed by atoms with van der Waals surface area (Å²) in [7, 11) is 0. The Bertz CT molecular complexity index is 526. The highest BCUT2D eigenvalue weighted by Crippen LogP contribution is 2.22. The molecule has 1 unspecified atom stereocenters. The van der Waals surface area contributed by atoms with Crippen LogP contribution in [0.2, 0.25) is 0 Å². The van der Waals surface area contributed by atoms with Gasteiger partial charge in [0.1, 0.15) is 5.82 Å². The Kier molecular flexibility index (Phi) is 12.2. The summed E-state index contributed by atoms with van der Waals surface area (Å²) in [4.78, 5) is 7.14. The molecule has 0 bridgehead atoms. The van der Waals surface area contributed by atoms with Gasteiger partial charge in [-0.25, -0.2) is 4.39 Å². The number of guanidine groups is 1. The van der Waals surface area contributed by atoms with Gasteiger partial charge < -0.3 is 15.4 Å². The second-order valence-corrected chi connectivity index (χ2v) is 6.84. The van der Waals surface area contributed by atoms with Crippen LogP contribution in [0.3, 0.4) is 0 Å². The van der Waals surface area contributed by atoms with Gasteiger partial charge in [0.15, 0.2) is 5.96 Å². The molecule has 1 atom stereocenters. The van der Waals surface area contributed by atoms with Crippen molar-refractivity contribution in [2.45, 2.75) is 13.0 Å². The quantitative estimate of drug-likeness (QED) is 0.251. The third-order valence-electron chi connectivity index (χ3n) is 4.11. The van der Waals surface area contributed by atoms with Crippen molar-refractivity contribution in [3.05, 3.63) is 35.6 Å². The highest BCUT2D eigenvalue weighted by Gasteiger charge is 2.22. The summed E-state index contributed by atoms with van der Waals surface area (Å²) in [5.74, 6) is 1.66. The molecule has 1 aromatic carbocycles. The molecule has 1 aliphatic rings. The van der Waals surface area contributed by atoms with E-state index in [0.717, 1.165) is 56.7 Å². The van der Waals surface area contributed by atoms with Crippen LogP contribution >= 0.6 is 35.7 Å². The number of nitrogens with zero attached hydrogens (tertiary/aromatic N) is 2. The summed E-state index contributed by atoms with van der Waals surface area (Å²) in [6.45, 7) is 7.59. The lowest BCUT2D eigenvalue weighted by Crippen LogP contribution is -2.42. The Morgan fingerprint density at radius 1 is 1.27 bits per heavy atom. The fourth-order valence-electron chi connectivity index (χ4n) is 2.80. The molecule has 1 heterocycles. The van der Waals surface area contributed by atoms with Gasteiger partial charge in [0.25, 0.3) is 0 Å². The molecule has 1 aliphatic heterocycles. The molecule has 26 heavy (non-hydrogen) atoms. The van der Waals surface area contributed by atoms with E-state index in [1.165, 1.54) is 12.1 Å². The Morgan fingerprint density at radius 3 is 2.58 bits per heavy atom. The predicted molar refractivity (Wildman–Crippen MR) is 119 cm³/mol. The maximum Gasteiger partial charge on any atom is 0.191 e. The zero-order valence-corrected chi connectivity index (χ0v) is 18.7. The Balaban J connectivity index is 0.00000338. The summed E-state index contributed by atoms with van der Waals surface area (Å²) < 4.78 is 18.8. The first-order valence-corrected chi connectivity index (χ1v) is 10.2. The normalized spacial score (nSPS) is 16.7. The van der Waals surface area contributed by atoms with Crippen LogP contribution in [0.5, 0.6) is 0 Å². The van der Waals surface area contributed by atoms with Crippen molar-refractivity contribution in [3.63, 3.8) is 0 Å². The number of benzene rings is 1. The number of ether oxygens (including phenoxy) is 1. The third kappa shape index (κ3) is 7.98. The zero-order valence-electron chi connectivity index (χ0n) is 15.5. The molecule has 148 valence electrons. The first-order chi connectivity index (χ1) is 12.2. The highest BCUT2D eigenvalue weighted by molar-refractivity contribution is 14.0.